The number of likely N-dealkylation sites (tertiary alicyclic amines) is 1. The zero-order valence-corrected chi connectivity index (χ0v) is 15.1. The van der Waals surface area contributed by atoms with Crippen LogP contribution in [0.1, 0.15) is 18.4 Å². The fraction of sp³-hybridized carbons (Fsp3) is 0.316. The van der Waals surface area contributed by atoms with Crippen LogP contribution in [0.25, 0.3) is 0 Å². The highest BCUT2D eigenvalue weighted by Gasteiger charge is 2.28. The highest BCUT2D eigenvalue weighted by Crippen LogP contribution is 2.21. The molecule has 1 saturated heterocycles. The van der Waals surface area contributed by atoms with Crippen LogP contribution < -0.4 is 0 Å². The van der Waals surface area contributed by atoms with Crippen molar-refractivity contribution in [2.24, 2.45) is 0 Å². The summed E-state index contributed by atoms with van der Waals surface area (Å²) in [6.07, 6.45) is 0.0792. The average Bonchev–Trinajstić information content (AvgIpc) is 2.68. The molecule has 0 aliphatic carbocycles. The van der Waals surface area contributed by atoms with Crippen molar-refractivity contribution < 1.29 is 22.1 Å². The molecule has 26 heavy (non-hydrogen) atoms. The van der Waals surface area contributed by atoms with Gasteiger partial charge in [0.2, 0.25) is 0 Å². The molecular formula is C19H21NO5S. The minimum atomic E-state index is -3.78. The second-order valence-corrected chi connectivity index (χ2v) is 7.66. The number of hydrogen-bond donors (Lipinski definition) is 0. The molecule has 0 radical (unpaired) electrons. The van der Waals surface area contributed by atoms with E-state index in [1.54, 1.807) is 23.1 Å². The van der Waals surface area contributed by atoms with Gasteiger partial charge < -0.3 is 9.64 Å². The third-order valence-corrected chi connectivity index (χ3v) is 5.58. The molecule has 6 nitrogen and oxygen atoms in total. The van der Waals surface area contributed by atoms with Gasteiger partial charge in [-0.05, 0) is 30.5 Å². The zero-order valence-electron chi connectivity index (χ0n) is 14.3. The van der Waals surface area contributed by atoms with Gasteiger partial charge in [0.25, 0.3) is 10.1 Å². The molecule has 0 N–H and O–H groups in total. The van der Waals surface area contributed by atoms with E-state index in [9.17, 15) is 13.2 Å². The van der Waals surface area contributed by atoms with Crippen molar-refractivity contribution >= 4 is 16.2 Å². The van der Waals surface area contributed by atoms with E-state index < -0.39 is 22.3 Å². The summed E-state index contributed by atoms with van der Waals surface area (Å²) in [4.78, 5) is 13.9. The molecule has 0 spiro atoms. The molecular weight excluding hydrogens is 354 g/mol. The van der Waals surface area contributed by atoms with Crippen LogP contribution in [0.15, 0.2) is 65.6 Å². The number of hydrogen-bond acceptors (Lipinski definition) is 5. The molecule has 1 aliphatic rings. The van der Waals surface area contributed by atoms with E-state index in [0.717, 1.165) is 5.56 Å². The van der Waals surface area contributed by atoms with Crippen molar-refractivity contribution in [3.05, 3.63) is 66.2 Å². The molecule has 3 rings (SSSR count). The quantitative estimate of drug-likeness (QED) is 0.751. The first-order valence-electron chi connectivity index (χ1n) is 8.48. The Morgan fingerprint density at radius 2 is 1.54 bits per heavy atom. The highest BCUT2D eigenvalue weighted by molar-refractivity contribution is 7.86. The topological polar surface area (TPSA) is 72.9 Å². The number of carbonyl (C=O) groups excluding carboxylic acids is 1. The van der Waals surface area contributed by atoms with Gasteiger partial charge >= 0.3 is 6.09 Å². The Morgan fingerprint density at radius 1 is 0.962 bits per heavy atom. The fourth-order valence-corrected chi connectivity index (χ4v) is 3.92. The van der Waals surface area contributed by atoms with Gasteiger partial charge in [-0.1, -0.05) is 48.5 Å². The number of rotatable bonds is 5. The normalized spacial score (nSPS) is 15.6. The number of nitrogens with zero attached hydrogens (tertiary/aromatic N) is 1. The zero-order chi connectivity index (χ0) is 18.4. The smallest absolute Gasteiger partial charge is 0.410 e. The predicted molar refractivity (Wildman–Crippen MR) is 95.9 cm³/mol. The maximum absolute atomic E-state index is 12.2. The number of amides is 1. The Morgan fingerprint density at radius 3 is 2.15 bits per heavy atom. The van der Waals surface area contributed by atoms with Crippen molar-refractivity contribution in [3.63, 3.8) is 0 Å². The van der Waals surface area contributed by atoms with E-state index >= 15 is 0 Å². The van der Waals surface area contributed by atoms with E-state index in [2.05, 4.69) is 0 Å². The minimum Gasteiger partial charge on any atom is -0.445 e. The maximum atomic E-state index is 12.2. The minimum absolute atomic E-state index is 0.143. The van der Waals surface area contributed by atoms with Crippen molar-refractivity contribution in [2.75, 3.05) is 13.1 Å². The summed E-state index contributed by atoms with van der Waals surface area (Å²) in [6, 6.07) is 17.5. The van der Waals surface area contributed by atoms with E-state index in [1.807, 2.05) is 30.3 Å². The molecule has 0 atom stereocenters. The summed E-state index contributed by atoms with van der Waals surface area (Å²) in [7, 11) is -3.78. The van der Waals surface area contributed by atoms with Gasteiger partial charge in [-0.15, -0.1) is 0 Å². The summed E-state index contributed by atoms with van der Waals surface area (Å²) < 4.78 is 35.1. The van der Waals surface area contributed by atoms with Crippen LogP contribution >= 0.6 is 0 Å². The predicted octanol–water partition coefficient (Wildman–Crippen LogP) is 3.19. The molecule has 2 aromatic rings. The van der Waals surface area contributed by atoms with Gasteiger partial charge in [0.15, 0.2) is 0 Å². The third kappa shape index (κ3) is 4.83. The van der Waals surface area contributed by atoms with Crippen molar-refractivity contribution in [3.8, 4) is 0 Å². The molecule has 1 fully saturated rings. The van der Waals surface area contributed by atoms with Crippen LogP contribution in [0.2, 0.25) is 0 Å². The summed E-state index contributed by atoms with van der Waals surface area (Å²) in [5.41, 5.74) is 0.924. The lowest BCUT2D eigenvalue weighted by Crippen LogP contribution is -2.41. The van der Waals surface area contributed by atoms with Gasteiger partial charge in [-0.25, -0.2) is 4.79 Å². The van der Waals surface area contributed by atoms with Gasteiger partial charge in [-0.3, -0.25) is 4.18 Å². The molecule has 0 aromatic heterocycles. The monoisotopic (exact) mass is 375 g/mol. The maximum Gasteiger partial charge on any atom is 0.410 e. The van der Waals surface area contributed by atoms with Crippen molar-refractivity contribution in [1.82, 2.24) is 4.90 Å². The van der Waals surface area contributed by atoms with Crippen LogP contribution in [-0.2, 0) is 25.6 Å². The van der Waals surface area contributed by atoms with Crippen LogP contribution in [0, 0.1) is 0 Å². The Balaban J connectivity index is 1.47. The summed E-state index contributed by atoms with van der Waals surface area (Å²) in [5, 5.41) is 0. The lowest BCUT2D eigenvalue weighted by molar-refractivity contribution is 0.0658. The first-order chi connectivity index (χ1) is 12.5. The molecule has 138 valence electrons. The SMILES string of the molecule is O=C(OCc1ccccc1)N1CCC(OS(=O)(=O)c2ccccc2)CC1. The third-order valence-electron chi connectivity index (χ3n) is 4.20. The molecule has 0 bridgehead atoms. The van der Waals surface area contributed by atoms with Gasteiger partial charge in [0.1, 0.15) is 6.61 Å². The molecule has 7 heteroatoms. The largest absolute Gasteiger partial charge is 0.445 e. The first-order valence-corrected chi connectivity index (χ1v) is 9.89. The Hall–Kier alpha value is -2.38. The van der Waals surface area contributed by atoms with Crippen LogP contribution in [0.3, 0.4) is 0 Å². The first kappa shape index (κ1) is 18.4. The summed E-state index contributed by atoms with van der Waals surface area (Å²) in [5.74, 6) is 0. The van der Waals surface area contributed by atoms with E-state index in [0.29, 0.717) is 25.9 Å². The number of benzene rings is 2. The van der Waals surface area contributed by atoms with E-state index in [4.69, 9.17) is 8.92 Å². The Kier molecular flexibility index (Phi) is 5.90. The molecule has 0 saturated carbocycles. The standard InChI is InChI=1S/C19H21NO5S/c21-19(24-15-16-7-3-1-4-8-16)20-13-11-17(12-14-20)25-26(22,23)18-9-5-2-6-10-18/h1-10,17H,11-15H2. The van der Waals surface area contributed by atoms with Crippen LogP contribution in [0.5, 0.6) is 0 Å². The fourth-order valence-electron chi connectivity index (χ4n) is 2.77. The van der Waals surface area contributed by atoms with Gasteiger partial charge in [0.05, 0.1) is 11.0 Å². The Bertz CT molecular complexity index is 816. The van der Waals surface area contributed by atoms with Crippen LogP contribution in [-0.4, -0.2) is 38.6 Å². The van der Waals surface area contributed by atoms with E-state index in [-0.39, 0.29) is 11.5 Å². The van der Waals surface area contributed by atoms with E-state index in [1.165, 1.54) is 12.1 Å². The molecule has 0 unspecified atom stereocenters. The average molecular weight is 375 g/mol. The van der Waals surface area contributed by atoms with Crippen molar-refractivity contribution in [2.45, 2.75) is 30.4 Å². The van der Waals surface area contributed by atoms with Crippen molar-refractivity contribution in [1.29, 1.82) is 0 Å². The number of ether oxygens (including phenoxy) is 1. The molecule has 1 heterocycles. The Labute approximate surface area is 153 Å². The van der Waals surface area contributed by atoms with Gasteiger partial charge in [-0.2, -0.15) is 8.42 Å². The summed E-state index contributed by atoms with van der Waals surface area (Å²) >= 11 is 0. The van der Waals surface area contributed by atoms with Crippen LogP contribution in [0.4, 0.5) is 4.79 Å². The molecule has 1 amide bonds. The summed E-state index contributed by atoms with van der Waals surface area (Å²) in [6.45, 7) is 1.03. The van der Waals surface area contributed by atoms with Gasteiger partial charge in [0, 0.05) is 13.1 Å². The lowest BCUT2D eigenvalue weighted by Gasteiger charge is -2.30. The second kappa shape index (κ2) is 8.33. The second-order valence-electron chi connectivity index (χ2n) is 6.09. The number of carbonyl (C=O) groups is 1. The lowest BCUT2D eigenvalue weighted by atomic mass is 10.1. The number of piperidine rings is 1. The molecule has 1 aliphatic heterocycles. The molecule has 2 aromatic carbocycles. The highest BCUT2D eigenvalue weighted by atomic mass is 32.2.